The SMILES string of the molecule is CC(C)(C(O)C1CCOC2(CCSC2)C1)N1CCCCC1. The van der Waals surface area contributed by atoms with Gasteiger partial charge in [-0.3, -0.25) is 4.90 Å². The van der Waals surface area contributed by atoms with Crippen molar-refractivity contribution in [2.45, 2.75) is 69.6 Å². The number of hydrogen-bond donors (Lipinski definition) is 1. The van der Waals surface area contributed by atoms with E-state index in [1.807, 2.05) is 11.8 Å². The molecule has 3 heterocycles. The number of hydrogen-bond acceptors (Lipinski definition) is 4. The highest BCUT2D eigenvalue weighted by Gasteiger charge is 2.46. The second-order valence-corrected chi connectivity index (χ2v) is 8.84. The standard InChI is InChI=1S/C17H31NO2S/c1-16(2,18-8-4-3-5-9-18)15(19)14-6-10-20-17(12-14)7-11-21-13-17/h14-15,19H,3-13H2,1-2H3. The Kier molecular flexibility index (Phi) is 4.90. The van der Waals surface area contributed by atoms with Gasteiger partial charge in [0.2, 0.25) is 0 Å². The average Bonchev–Trinajstić information content (AvgIpc) is 2.95. The summed E-state index contributed by atoms with van der Waals surface area (Å²) >= 11 is 2.01. The van der Waals surface area contributed by atoms with Crippen LogP contribution in [0.1, 0.15) is 52.4 Å². The van der Waals surface area contributed by atoms with Crippen molar-refractivity contribution in [3.05, 3.63) is 0 Å². The maximum atomic E-state index is 11.1. The van der Waals surface area contributed by atoms with Crippen molar-refractivity contribution >= 4 is 11.8 Å². The molecule has 3 unspecified atom stereocenters. The molecule has 3 fully saturated rings. The molecule has 3 atom stereocenters. The van der Waals surface area contributed by atoms with Crippen molar-refractivity contribution < 1.29 is 9.84 Å². The molecule has 0 aliphatic carbocycles. The Morgan fingerprint density at radius 2 is 2.05 bits per heavy atom. The lowest BCUT2D eigenvalue weighted by atomic mass is 9.75. The topological polar surface area (TPSA) is 32.7 Å². The minimum Gasteiger partial charge on any atom is -0.391 e. The van der Waals surface area contributed by atoms with Gasteiger partial charge in [0.1, 0.15) is 0 Å². The average molecular weight is 314 g/mol. The molecule has 3 rings (SSSR count). The summed E-state index contributed by atoms with van der Waals surface area (Å²) in [7, 11) is 0. The van der Waals surface area contributed by atoms with Gasteiger partial charge in [-0.25, -0.2) is 0 Å². The molecule has 3 saturated heterocycles. The molecule has 3 aliphatic rings. The van der Waals surface area contributed by atoms with Gasteiger partial charge >= 0.3 is 0 Å². The van der Waals surface area contributed by atoms with E-state index in [9.17, 15) is 5.11 Å². The molecule has 4 heteroatoms. The van der Waals surface area contributed by atoms with Crippen molar-refractivity contribution in [2.24, 2.45) is 5.92 Å². The fraction of sp³-hybridized carbons (Fsp3) is 1.00. The van der Waals surface area contributed by atoms with Crippen molar-refractivity contribution in [2.75, 3.05) is 31.2 Å². The van der Waals surface area contributed by atoms with E-state index in [0.29, 0.717) is 5.92 Å². The van der Waals surface area contributed by atoms with Gasteiger partial charge in [-0.05, 0) is 70.7 Å². The van der Waals surface area contributed by atoms with Gasteiger partial charge < -0.3 is 9.84 Å². The summed E-state index contributed by atoms with van der Waals surface area (Å²) in [6.45, 7) is 7.62. The quantitative estimate of drug-likeness (QED) is 0.868. The normalized spacial score (nSPS) is 37.0. The van der Waals surface area contributed by atoms with E-state index < -0.39 is 0 Å². The van der Waals surface area contributed by atoms with E-state index in [1.54, 1.807) is 0 Å². The summed E-state index contributed by atoms with van der Waals surface area (Å²) in [6, 6.07) is 0. The first-order valence-electron chi connectivity index (χ1n) is 8.68. The maximum absolute atomic E-state index is 11.1. The zero-order chi connectivity index (χ0) is 14.9. The Bertz CT molecular complexity index is 349. The number of rotatable bonds is 3. The van der Waals surface area contributed by atoms with E-state index in [1.165, 1.54) is 31.4 Å². The molecule has 0 aromatic heterocycles. The number of likely N-dealkylation sites (tertiary alicyclic amines) is 1. The van der Waals surface area contributed by atoms with Crippen molar-refractivity contribution in [3.8, 4) is 0 Å². The number of thioether (sulfide) groups is 1. The van der Waals surface area contributed by atoms with Gasteiger partial charge in [-0.2, -0.15) is 11.8 Å². The molecule has 0 saturated carbocycles. The van der Waals surface area contributed by atoms with Crippen molar-refractivity contribution in [1.29, 1.82) is 0 Å². The molecular weight excluding hydrogens is 282 g/mol. The molecule has 0 amide bonds. The van der Waals surface area contributed by atoms with Crippen LogP contribution in [0.5, 0.6) is 0 Å². The largest absolute Gasteiger partial charge is 0.391 e. The minimum atomic E-state index is -0.234. The first kappa shape index (κ1) is 16.1. The summed E-state index contributed by atoms with van der Waals surface area (Å²) in [5.41, 5.74) is -0.0259. The minimum absolute atomic E-state index is 0.0759. The lowest BCUT2D eigenvalue weighted by Gasteiger charge is -2.49. The molecule has 3 aliphatic heterocycles. The fourth-order valence-corrected chi connectivity index (χ4v) is 5.81. The van der Waals surface area contributed by atoms with Gasteiger partial charge in [-0.1, -0.05) is 6.42 Å². The zero-order valence-electron chi connectivity index (χ0n) is 13.6. The van der Waals surface area contributed by atoms with Crippen LogP contribution in [0, 0.1) is 5.92 Å². The Morgan fingerprint density at radius 3 is 2.71 bits per heavy atom. The first-order chi connectivity index (χ1) is 10.0. The molecule has 0 aromatic rings. The van der Waals surface area contributed by atoms with Gasteiger partial charge in [0.25, 0.3) is 0 Å². The second-order valence-electron chi connectivity index (χ2n) is 7.73. The number of aliphatic hydroxyl groups is 1. The zero-order valence-corrected chi connectivity index (χ0v) is 14.5. The highest BCUT2D eigenvalue weighted by Crippen LogP contribution is 2.43. The smallest absolute Gasteiger partial charge is 0.0783 e. The summed E-state index contributed by atoms with van der Waals surface area (Å²) in [5.74, 6) is 2.74. The van der Waals surface area contributed by atoms with Crippen LogP contribution in [-0.2, 0) is 4.74 Å². The van der Waals surface area contributed by atoms with Crippen molar-refractivity contribution in [3.63, 3.8) is 0 Å². The lowest BCUT2D eigenvalue weighted by molar-refractivity contribution is -0.128. The Morgan fingerprint density at radius 1 is 1.29 bits per heavy atom. The van der Waals surface area contributed by atoms with Gasteiger partial charge in [0.15, 0.2) is 0 Å². The molecule has 0 radical (unpaired) electrons. The summed E-state index contributed by atoms with van der Waals surface area (Å²) in [5, 5.41) is 11.1. The fourth-order valence-electron chi connectivity index (χ4n) is 4.43. The first-order valence-corrected chi connectivity index (χ1v) is 9.84. The van der Waals surface area contributed by atoms with Crippen LogP contribution >= 0.6 is 11.8 Å². The second kappa shape index (κ2) is 6.38. The third kappa shape index (κ3) is 3.29. The highest BCUT2D eigenvalue weighted by atomic mass is 32.2. The molecular formula is C17H31NO2S. The Hall–Kier alpha value is 0.230. The van der Waals surface area contributed by atoms with Gasteiger partial charge in [0.05, 0.1) is 11.7 Å². The van der Waals surface area contributed by atoms with Crippen LogP contribution in [0.25, 0.3) is 0 Å². The Balaban J connectivity index is 1.66. The summed E-state index contributed by atoms with van der Waals surface area (Å²) < 4.78 is 6.12. The number of aliphatic hydroxyl groups excluding tert-OH is 1. The van der Waals surface area contributed by atoms with E-state index in [4.69, 9.17) is 4.74 Å². The maximum Gasteiger partial charge on any atom is 0.0783 e. The van der Waals surface area contributed by atoms with Crippen LogP contribution in [-0.4, -0.2) is 58.5 Å². The van der Waals surface area contributed by atoms with E-state index >= 15 is 0 Å². The van der Waals surface area contributed by atoms with Crippen LogP contribution in [0.2, 0.25) is 0 Å². The number of piperidine rings is 1. The van der Waals surface area contributed by atoms with E-state index in [-0.39, 0.29) is 17.2 Å². The third-order valence-corrected chi connectivity index (χ3v) is 7.16. The van der Waals surface area contributed by atoms with Gasteiger partial charge in [-0.15, -0.1) is 0 Å². The molecule has 0 aromatic carbocycles. The number of ether oxygens (including phenoxy) is 1. The van der Waals surface area contributed by atoms with Crippen LogP contribution in [0.3, 0.4) is 0 Å². The summed E-state index contributed by atoms with van der Waals surface area (Å²) in [6.07, 6.45) is 6.92. The van der Waals surface area contributed by atoms with Gasteiger partial charge in [0, 0.05) is 17.9 Å². The van der Waals surface area contributed by atoms with Crippen LogP contribution < -0.4 is 0 Å². The van der Waals surface area contributed by atoms with E-state index in [0.717, 1.165) is 38.3 Å². The van der Waals surface area contributed by atoms with E-state index in [2.05, 4.69) is 18.7 Å². The predicted molar refractivity (Wildman–Crippen MR) is 88.9 cm³/mol. The number of nitrogens with zero attached hydrogens (tertiary/aromatic N) is 1. The summed E-state index contributed by atoms with van der Waals surface area (Å²) in [4.78, 5) is 2.52. The molecule has 3 nitrogen and oxygen atoms in total. The van der Waals surface area contributed by atoms with Crippen molar-refractivity contribution in [1.82, 2.24) is 4.90 Å². The predicted octanol–water partition coefficient (Wildman–Crippen LogP) is 2.91. The van der Waals surface area contributed by atoms with Crippen LogP contribution in [0.15, 0.2) is 0 Å². The highest BCUT2D eigenvalue weighted by molar-refractivity contribution is 7.99. The molecule has 122 valence electrons. The molecule has 21 heavy (non-hydrogen) atoms. The molecule has 0 bridgehead atoms. The lowest BCUT2D eigenvalue weighted by Crippen LogP contribution is -2.58. The monoisotopic (exact) mass is 313 g/mol. The third-order valence-electron chi connectivity index (χ3n) is 5.94. The Labute approximate surface area is 133 Å². The molecule has 1 spiro atoms. The molecule has 1 N–H and O–H groups in total. The van der Waals surface area contributed by atoms with Crippen LogP contribution in [0.4, 0.5) is 0 Å².